The fourth-order valence-electron chi connectivity index (χ4n) is 1.55. The maximum Gasteiger partial charge on any atom is 0.330 e. The quantitative estimate of drug-likeness (QED) is 0.664. The minimum atomic E-state index is -1.00. The normalized spacial score (nSPS) is 10.9. The molecule has 19 heavy (non-hydrogen) atoms. The topological polar surface area (TPSA) is 55.4 Å². The van der Waals surface area contributed by atoms with Crippen LogP contribution in [0, 0.1) is 6.92 Å². The lowest BCUT2D eigenvalue weighted by Crippen LogP contribution is -2.50. The van der Waals surface area contributed by atoms with E-state index in [4.69, 9.17) is 0 Å². The van der Waals surface area contributed by atoms with Crippen molar-refractivity contribution >= 4 is 23.6 Å². The van der Waals surface area contributed by atoms with Gasteiger partial charge in [0.2, 0.25) is 5.91 Å². The summed E-state index contributed by atoms with van der Waals surface area (Å²) in [7, 11) is 1.30. The molecule has 0 saturated heterocycles. The third-order valence-electron chi connectivity index (χ3n) is 2.60. The predicted octanol–water partition coefficient (Wildman–Crippen LogP) is 2.15. The van der Waals surface area contributed by atoms with E-state index in [0.717, 1.165) is 10.5 Å². The lowest BCUT2D eigenvalue weighted by atomic mass is 10.1. The van der Waals surface area contributed by atoms with E-state index >= 15 is 0 Å². The molecule has 1 aromatic rings. The Morgan fingerprint density at radius 1 is 1.32 bits per heavy atom. The first kappa shape index (κ1) is 15.6. The van der Waals surface area contributed by atoms with Gasteiger partial charge in [0.05, 0.1) is 12.9 Å². The molecule has 0 aliphatic rings. The van der Waals surface area contributed by atoms with Crippen LogP contribution in [0.25, 0.3) is 0 Å². The number of ether oxygens (including phenoxy) is 1. The van der Waals surface area contributed by atoms with Gasteiger partial charge in [0.1, 0.15) is 5.54 Å². The van der Waals surface area contributed by atoms with Crippen LogP contribution in [-0.4, -0.2) is 30.3 Å². The number of carbonyl (C=O) groups excluding carboxylic acids is 2. The molecule has 104 valence electrons. The highest BCUT2D eigenvalue weighted by Gasteiger charge is 2.30. The summed E-state index contributed by atoms with van der Waals surface area (Å²) in [6.45, 7) is 5.24. The summed E-state index contributed by atoms with van der Waals surface area (Å²) in [6, 6.07) is 7.86. The minimum absolute atomic E-state index is 0.191. The summed E-state index contributed by atoms with van der Waals surface area (Å²) < 4.78 is 4.64. The molecule has 1 amide bonds. The Bertz CT molecular complexity index is 472. The van der Waals surface area contributed by atoms with Crippen molar-refractivity contribution in [2.24, 2.45) is 0 Å². The number of methoxy groups -OCH3 is 1. The molecule has 0 bridgehead atoms. The van der Waals surface area contributed by atoms with Crippen molar-refractivity contribution in [2.75, 3.05) is 12.9 Å². The van der Waals surface area contributed by atoms with Crippen molar-refractivity contribution < 1.29 is 14.3 Å². The van der Waals surface area contributed by atoms with E-state index in [2.05, 4.69) is 10.1 Å². The highest BCUT2D eigenvalue weighted by atomic mass is 32.2. The molecule has 0 spiro atoms. The predicted molar refractivity (Wildman–Crippen MR) is 76.1 cm³/mol. The van der Waals surface area contributed by atoms with Crippen molar-refractivity contribution in [1.29, 1.82) is 0 Å². The van der Waals surface area contributed by atoms with Crippen LogP contribution in [-0.2, 0) is 14.3 Å². The van der Waals surface area contributed by atoms with Crippen LogP contribution in [0.1, 0.15) is 19.4 Å². The van der Waals surface area contributed by atoms with E-state index in [1.165, 1.54) is 18.9 Å². The van der Waals surface area contributed by atoms with Crippen LogP contribution in [0.3, 0.4) is 0 Å². The van der Waals surface area contributed by atoms with Crippen molar-refractivity contribution in [3.05, 3.63) is 29.8 Å². The Hall–Kier alpha value is -1.49. The maximum absolute atomic E-state index is 11.8. The highest BCUT2D eigenvalue weighted by Crippen LogP contribution is 2.21. The molecule has 0 aromatic heterocycles. The number of hydrogen-bond donors (Lipinski definition) is 1. The zero-order chi connectivity index (χ0) is 14.5. The highest BCUT2D eigenvalue weighted by molar-refractivity contribution is 8.00. The molecule has 5 heteroatoms. The van der Waals surface area contributed by atoms with E-state index in [-0.39, 0.29) is 11.7 Å². The van der Waals surface area contributed by atoms with Gasteiger partial charge in [-0.2, -0.15) is 0 Å². The van der Waals surface area contributed by atoms with Crippen LogP contribution >= 0.6 is 11.8 Å². The summed E-state index contributed by atoms with van der Waals surface area (Å²) in [5, 5.41) is 2.66. The molecule has 0 radical (unpaired) electrons. The third-order valence-corrected chi connectivity index (χ3v) is 3.78. The number of esters is 1. The summed E-state index contributed by atoms with van der Waals surface area (Å²) >= 11 is 1.45. The average Bonchev–Trinajstić information content (AvgIpc) is 2.36. The number of benzene rings is 1. The SMILES string of the molecule is COC(=O)C(C)(C)NC(=O)CSc1ccccc1C. The second-order valence-corrected chi connectivity index (χ2v) is 5.74. The van der Waals surface area contributed by atoms with Crippen molar-refractivity contribution in [3.8, 4) is 0 Å². The smallest absolute Gasteiger partial charge is 0.330 e. The largest absolute Gasteiger partial charge is 0.467 e. The van der Waals surface area contributed by atoms with Crippen molar-refractivity contribution in [3.63, 3.8) is 0 Å². The zero-order valence-electron chi connectivity index (χ0n) is 11.6. The Balaban J connectivity index is 2.53. The molecule has 1 rings (SSSR count). The Morgan fingerprint density at radius 2 is 1.95 bits per heavy atom. The van der Waals surface area contributed by atoms with Gasteiger partial charge in [-0.1, -0.05) is 18.2 Å². The van der Waals surface area contributed by atoms with Gasteiger partial charge >= 0.3 is 5.97 Å². The summed E-state index contributed by atoms with van der Waals surface area (Å²) in [4.78, 5) is 24.3. The zero-order valence-corrected chi connectivity index (χ0v) is 12.5. The summed E-state index contributed by atoms with van der Waals surface area (Å²) in [5.74, 6) is -0.379. The Labute approximate surface area is 117 Å². The third kappa shape index (κ3) is 4.59. The molecule has 1 N–H and O–H groups in total. The van der Waals surface area contributed by atoms with Crippen molar-refractivity contribution in [1.82, 2.24) is 5.32 Å². The fraction of sp³-hybridized carbons (Fsp3) is 0.429. The van der Waals surface area contributed by atoms with E-state index in [1.807, 2.05) is 31.2 Å². The van der Waals surface area contributed by atoms with Crippen LogP contribution in [0.5, 0.6) is 0 Å². The summed E-state index contributed by atoms with van der Waals surface area (Å²) in [6.07, 6.45) is 0. The molecule has 0 unspecified atom stereocenters. The summed E-state index contributed by atoms with van der Waals surface area (Å²) in [5.41, 5.74) is 0.130. The van der Waals surface area contributed by atoms with Crippen LogP contribution in [0.4, 0.5) is 0 Å². The number of aryl methyl sites for hydroxylation is 1. The molecular weight excluding hydrogens is 262 g/mol. The number of rotatable bonds is 5. The maximum atomic E-state index is 11.8. The second kappa shape index (κ2) is 6.61. The number of hydrogen-bond acceptors (Lipinski definition) is 4. The Morgan fingerprint density at radius 3 is 2.53 bits per heavy atom. The molecular formula is C14H19NO3S. The van der Waals surface area contributed by atoms with Crippen LogP contribution in [0.15, 0.2) is 29.2 Å². The van der Waals surface area contributed by atoms with Gasteiger partial charge in [-0.25, -0.2) is 4.79 Å². The first-order valence-electron chi connectivity index (χ1n) is 5.94. The standard InChI is InChI=1S/C14H19NO3S/c1-10-7-5-6-8-11(10)19-9-12(16)15-14(2,3)13(17)18-4/h5-8H,9H2,1-4H3,(H,15,16). The van der Waals surface area contributed by atoms with E-state index in [0.29, 0.717) is 0 Å². The fourth-order valence-corrected chi connectivity index (χ4v) is 2.38. The van der Waals surface area contributed by atoms with Gasteiger partial charge < -0.3 is 10.1 Å². The molecule has 0 aliphatic carbocycles. The van der Waals surface area contributed by atoms with Gasteiger partial charge in [-0.3, -0.25) is 4.79 Å². The lowest BCUT2D eigenvalue weighted by Gasteiger charge is -2.22. The number of nitrogens with one attached hydrogen (secondary N) is 1. The molecule has 0 saturated carbocycles. The minimum Gasteiger partial charge on any atom is -0.467 e. The number of carbonyl (C=O) groups is 2. The van der Waals surface area contributed by atoms with Gasteiger partial charge in [0.25, 0.3) is 0 Å². The van der Waals surface area contributed by atoms with E-state index in [1.54, 1.807) is 13.8 Å². The lowest BCUT2D eigenvalue weighted by molar-refractivity contribution is -0.149. The van der Waals surface area contributed by atoms with Crippen LogP contribution < -0.4 is 5.32 Å². The van der Waals surface area contributed by atoms with Gasteiger partial charge in [-0.05, 0) is 32.4 Å². The first-order chi connectivity index (χ1) is 8.86. The van der Waals surface area contributed by atoms with E-state index in [9.17, 15) is 9.59 Å². The number of thioether (sulfide) groups is 1. The molecule has 0 aliphatic heterocycles. The van der Waals surface area contributed by atoms with Gasteiger partial charge in [-0.15, -0.1) is 11.8 Å². The molecule has 0 fully saturated rings. The molecule has 4 nitrogen and oxygen atoms in total. The first-order valence-corrected chi connectivity index (χ1v) is 6.93. The number of amides is 1. The van der Waals surface area contributed by atoms with Crippen molar-refractivity contribution in [2.45, 2.75) is 31.2 Å². The van der Waals surface area contributed by atoms with Gasteiger partial charge in [0.15, 0.2) is 0 Å². The molecule has 0 heterocycles. The van der Waals surface area contributed by atoms with Crippen LogP contribution in [0.2, 0.25) is 0 Å². The average molecular weight is 281 g/mol. The van der Waals surface area contributed by atoms with Gasteiger partial charge in [0, 0.05) is 4.90 Å². The monoisotopic (exact) mass is 281 g/mol. The molecule has 0 atom stereocenters. The molecule has 1 aromatic carbocycles. The van der Waals surface area contributed by atoms with E-state index < -0.39 is 11.5 Å². The second-order valence-electron chi connectivity index (χ2n) is 4.72. The Kier molecular flexibility index (Phi) is 5.42.